The second-order valence-electron chi connectivity index (χ2n) is 6.06. The van der Waals surface area contributed by atoms with Crippen molar-refractivity contribution in [1.29, 1.82) is 0 Å². The molecule has 0 aromatic heterocycles. The lowest BCUT2D eigenvalue weighted by atomic mass is 10.00. The standard InChI is InChI=1S/C15H20O6Si/c1-22(2,3)21-15(20)9-12-5-10(7-13(16)17)4-11(6-12)8-14(18)19/h4-6H,7-9H2,1-3H3,(H,16,17)(H,18,19). The Hall–Kier alpha value is -2.15. The molecule has 0 saturated heterocycles. The van der Waals surface area contributed by atoms with Gasteiger partial charge in [-0.3, -0.25) is 14.4 Å². The predicted octanol–water partition coefficient (Wildman–Crippen LogP) is 1.86. The van der Waals surface area contributed by atoms with Gasteiger partial charge >= 0.3 is 11.9 Å². The number of carbonyl (C=O) groups excluding carboxylic acids is 1. The maximum Gasteiger partial charge on any atom is 0.307 e. The molecule has 0 fully saturated rings. The number of benzene rings is 1. The fourth-order valence-electron chi connectivity index (χ4n) is 2.04. The molecule has 0 bridgehead atoms. The lowest BCUT2D eigenvalue weighted by Crippen LogP contribution is -2.30. The third-order valence-electron chi connectivity index (χ3n) is 2.59. The predicted molar refractivity (Wildman–Crippen MR) is 82.3 cm³/mol. The van der Waals surface area contributed by atoms with Gasteiger partial charge in [-0.25, -0.2) is 0 Å². The molecule has 0 radical (unpaired) electrons. The number of rotatable bonds is 7. The van der Waals surface area contributed by atoms with Crippen LogP contribution in [0.1, 0.15) is 16.7 Å². The Morgan fingerprint density at radius 2 is 1.23 bits per heavy atom. The molecule has 7 heteroatoms. The zero-order valence-corrected chi connectivity index (χ0v) is 13.9. The van der Waals surface area contributed by atoms with E-state index in [9.17, 15) is 14.4 Å². The molecule has 0 heterocycles. The van der Waals surface area contributed by atoms with Crippen LogP contribution >= 0.6 is 0 Å². The second-order valence-corrected chi connectivity index (χ2v) is 10.5. The molecule has 6 nitrogen and oxygen atoms in total. The number of carbonyl (C=O) groups is 3. The van der Waals surface area contributed by atoms with E-state index in [1.54, 1.807) is 12.1 Å². The Labute approximate surface area is 129 Å². The molecule has 0 saturated carbocycles. The molecular formula is C15H20O6Si. The van der Waals surface area contributed by atoms with E-state index >= 15 is 0 Å². The lowest BCUT2D eigenvalue weighted by molar-refractivity contribution is -0.137. The van der Waals surface area contributed by atoms with Crippen LogP contribution in [0, 0.1) is 0 Å². The fourth-order valence-corrected chi connectivity index (χ4v) is 2.79. The van der Waals surface area contributed by atoms with E-state index in [-0.39, 0.29) is 25.2 Å². The zero-order chi connectivity index (χ0) is 16.9. The first kappa shape index (κ1) is 17.9. The molecule has 120 valence electrons. The highest BCUT2D eigenvalue weighted by Crippen LogP contribution is 2.15. The highest BCUT2D eigenvalue weighted by Gasteiger charge is 2.20. The van der Waals surface area contributed by atoms with E-state index in [0.29, 0.717) is 16.7 Å². The van der Waals surface area contributed by atoms with E-state index in [2.05, 4.69) is 0 Å². The van der Waals surface area contributed by atoms with Crippen molar-refractivity contribution in [2.45, 2.75) is 38.9 Å². The van der Waals surface area contributed by atoms with Gasteiger partial charge in [-0.1, -0.05) is 18.2 Å². The highest BCUT2D eigenvalue weighted by molar-refractivity contribution is 6.71. The summed E-state index contributed by atoms with van der Waals surface area (Å²) in [6.07, 6.45) is -0.433. The van der Waals surface area contributed by atoms with Crippen molar-refractivity contribution in [3.8, 4) is 0 Å². The molecule has 1 aromatic rings. The lowest BCUT2D eigenvalue weighted by Gasteiger charge is -2.17. The first-order chi connectivity index (χ1) is 10.0. The van der Waals surface area contributed by atoms with Crippen molar-refractivity contribution in [2.75, 3.05) is 0 Å². The SMILES string of the molecule is C[Si](C)(C)OC(=O)Cc1cc(CC(=O)O)cc(CC(=O)O)c1. The van der Waals surface area contributed by atoms with Crippen molar-refractivity contribution >= 4 is 26.2 Å². The van der Waals surface area contributed by atoms with Crippen LogP contribution in [-0.4, -0.2) is 36.4 Å². The number of hydrogen-bond acceptors (Lipinski definition) is 4. The smallest absolute Gasteiger partial charge is 0.307 e. The van der Waals surface area contributed by atoms with Crippen LogP contribution in [-0.2, 0) is 38.1 Å². The maximum atomic E-state index is 11.9. The van der Waals surface area contributed by atoms with Gasteiger partial charge in [0, 0.05) is 0 Å². The Morgan fingerprint density at radius 3 is 1.55 bits per heavy atom. The Morgan fingerprint density at radius 1 is 0.864 bits per heavy atom. The molecule has 0 amide bonds. The largest absolute Gasteiger partial charge is 0.520 e. The van der Waals surface area contributed by atoms with Crippen LogP contribution in [0.25, 0.3) is 0 Å². The van der Waals surface area contributed by atoms with Crippen LogP contribution in [0.2, 0.25) is 19.6 Å². The summed E-state index contributed by atoms with van der Waals surface area (Å²) >= 11 is 0. The quantitative estimate of drug-likeness (QED) is 0.742. The monoisotopic (exact) mass is 324 g/mol. The summed E-state index contributed by atoms with van der Waals surface area (Å²) in [7, 11) is -1.99. The summed E-state index contributed by atoms with van der Waals surface area (Å²) < 4.78 is 5.35. The van der Waals surface area contributed by atoms with Crippen LogP contribution in [0.4, 0.5) is 0 Å². The van der Waals surface area contributed by atoms with Gasteiger partial charge in [-0.2, -0.15) is 0 Å². The average Bonchev–Trinajstić information content (AvgIpc) is 2.22. The molecular weight excluding hydrogens is 304 g/mol. The third kappa shape index (κ3) is 7.03. The fraction of sp³-hybridized carbons (Fsp3) is 0.400. The van der Waals surface area contributed by atoms with Gasteiger partial charge in [0.25, 0.3) is 5.97 Å². The average molecular weight is 324 g/mol. The van der Waals surface area contributed by atoms with Gasteiger partial charge in [0.2, 0.25) is 8.32 Å². The molecule has 1 rings (SSSR count). The molecule has 22 heavy (non-hydrogen) atoms. The number of carboxylic acid groups (broad SMARTS) is 2. The maximum absolute atomic E-state index is 11.9. The molecule has 0 spiro atoms. The van der Waals surface area contributed by atoms with Gasteiger partial charge in [0.05, 0.1) is 19.3 Å². The summed E-state index contributed by atoms with van der Waals surface area (Å²) in [5.74, 6) is -2.40. The van der Waals surface area contributed by atoms with Crippen molar-refractivity contribution in [1.82, 2.24) is 0 Å². The molecule has 1 aromatic carbocycles. The van der Waals surface area contributed by atoms with E-state index in [1.165, 1.54) is 6.07 Å². The van der Waals surface area contributed by atoms with Crippen molar-refractivity contribution in [2.24, 2.45) is 0 Å². The summed E-state index contributed by atoms with van der Waals surface area (Å²) in [6, 6.07) is 4.74. The number of aliphatic carboxylic acids is 2. The second kappa shape index (κ2) is 7.21. The first-order valence-electron chi connectivity index (χ1n) is 6.82. The van der Waals surface area contributed by atoms with E-state index in [1.807, 2.05) is 19.6 Å². The highest BCUT2D eigenvalue weighted by atomic mass is 28.4. The number of hydrogen-bond donors (Lipinski definition) is 2. The Kier molecular flexibility index (Phi) is 5.87. The van der Waals surface area contributed by atoms with Gasteiger partial charge in [-0.15, -0.1) is 0 Å². The summed E-state index contributed by atoms with van der Waals surface area (Å²) in [4.78, 5) is 33.5. The summed E-state index contributed by atoms with van der Waals surface area (Å²) in [5.41, 5.74) is 1.52. The van der Waals surface area contributed by atoms with Gasteiger partial charge in [0.1, 0.15) is 0 Å². The molecule has 0 aliphatic rings. The minimum atomic E-state index is -1.99. The van der Waals surface area contributed by atoms with Crippen LogP contribution in [0.15, 0.2) is 18.2 Å². The summed E-state index contributed by atoms with van der Waals surface area (Å²) in [5, 5.41) is 17.7. The molecule has 0 atom stereocenters. The molecule has 0 aliphatic heterocycles. The molecule has 2 N–H and O–H groups in total. The minimum absolute atomic E-state index is 0.00431. The Balaban J connectivity index is 2.98. The third-order valence-corrected chi connectivity index (χ3v) is 3.43. The van der Waals surface area contributed by atoms with Gasteiger partial charge < -0.3 is 14.6 Å². The number of carboxylic acids is 2. The van der Waals surface area contributed by atoms with Crippen LogP contribution in [0.3, 0.4) is 0 Å². The van der Waals surface area contributed by atoms with Crippen molar-refractivity contribution < 1.29 is 29.0 Å². The Bertz CT molecular complexity index is 554. The topological polar surface area (TPSA) is 101 Å². The summed E-state index contributed by atoms with van der Waals surface area (Å²) in [6.45, 7) is 5.67. The van der Waals surface area contributed by atoms with E-state index in [4.69, 9.17) is 14.6 Å². The molecule has 0 unspecified atom stereocenters. The molecule has 0 aliphatic carbocycles. The van der Waals surface area contributed by atoms with E-state index < -0.39 is 20.3 Å². The normalized spacial score (nSPS) is 11.0. The van der Waals surface area contributed by atoms with Gasteiger partial charge in [0.15, 0.2) is 0 Å². The van der Waals surface area contributed by atoms with Crippen molar-refractivity contribution in [3.63, 3.8) is 0 Å². The first-order valence-corrected chi connectivity index (χ1v) is 10.2. The van der Waals surface area contributed by atoms with E-state index in [0.717, 1.165) is 0 Å². The van der Waals surface area contributed by atoms with Crippen LogP contribution in [0.5, 0.6) is 0 Å². The van der Waals surface area contributed by atoms with Crippen LogP contribution < -0.4 is 0 Å². The minimum Gasteiger partial charge on any atom is -0.520 e. The zero-order valence-electron chi connectivity index (χ0n) is 12.9. The van der Waals surface area contributed by atoms with Gasteiger partial charge in [-0.05, 0) is 36.3 Å². The van der Waals surface area contributed by atoms with Crippen molar-refractivity contribution in [3.05, 3.63) is 34.9 Å².